The molecule has 2 saturated carbocycles. The molecule has 35 heteroatoms. The van der Waals surface area contributed by atoms with Crippen molar-refractivity contribution in [2.24, 2.45) is 5.92 Å². The average molecular weight is 1900 g/mol. The fourth-order valence-electron chi connectivity index (χ4n) is 16.4. The highest BCUT2D eigenvalue weighted by Gasteiger charge is 2.45. The Morgan fingerprint density at radius 1 is 0.350 bits per heavy atom. The Labute approximate surface area is 804 Å². The van der Waals surface area contributed by atoms with E-state index in [2.05, 4.69) is 74.3 Å². The van der Waals surface area contributed by atoms with Crippen LogP contribution in [0.3, 0.4) is 0 Å². The van der Waals surface area contributed by atoms with Gasteiger partial charge in [0.1, 0.15) is 40.5 Å². The first-order valence-corrected chi connectivity index (χ1v) is 44.1. The third-order valence-corrected chi connectivity index (χ3v) is 23.5. The van der Waals surface area contributed by atoms with Crippen LogP contribution < -0.4 is 38.5 Å². The average Bonchev–Trinajstić information content (AvgIpc) is 1.56. The summed E-state index contributed by atoms with van der Waals surface area (Å²) in [6, 6.07) is 64.2. The number of amides is 4. The maximum Gasteiger partial charge on any atom is 0.422 e. The van der Waals surface area contributed by atoms with Crippen LogP contribution in [0.15, 0.2) is 287 Å². The van der Waals surface area contributed by atoms with Crippen molar-refractivity contribution >= 4 is 46.9 Å². The Morgan fingerprint density at radius 2 is 0.700 bits per heavy atom. The normalized spacial score (nSPS) is 14.7. The van der Waals surface area contributed by atoms with Gasteiger partial charge in [-0.3, -0.25) is 38.8 Å². The predicted molar refractivity (Wildman–Crippen MR) is 518 cm³/mol. The molecule has 716 valence electrons. The van der Waals surface area contributed by atoms with Crippen molar-refractivity contribution in [3.05, 3.63) is 331 Å². The van der Waals surface area contributed by atoms with Crippen molar-refractivity contribution in [3.8, 4) is 91.4 Å². The number of para-hydroxylation sites is 3. The van der Waals surface area contributed by atoms with Crippen LogP contribution in [0.1, 0.15) is 119 Å². The van der Waals surface area contributed by atoms with Crippen molar-refractivity contribution in [2.75, 3.05) is 46.0 Å². The summed E-state index contributed by atoms with van der Waals surface area (Å²) in [7, 11) is 0. The molecule has 4 aliphatic heterocycles. The number of pyridine rings is 1. The van der Waals surface area contributed by atoms with Gasteiger partial charge in [-0.05, 0) is 182 Å². The summed E-state index contributed by atoms with van der Waals surface area (Å²) in [5, 5.41) is 17.0. The standard InChI is InChI=1S/C26H21F3N6O2.C26H23N5O2.C25H23N5O2.C24H18F3N5O2.4CH4/c27-26(28,29)15-37-25-20(3-1-10-30-25)23-31-14-17-13-22(36)35(24(17)33-23)21-9-8-19(21)16-4-6-18(7-5-16)34-12-2-11-32-34;32-24-14-20-15-27-25(22-4-1-2-5-23(22)33-17-19-6-7-19)29-26(20)30(24)16-18-8-10-21(11-9-18)31-13-3-12-28-31;1-2-14-32-22-7-4-3-6-21(22)24-26-16-19-15-23(31)29(25(19)28-24)17-18-8-10-20(11-9-18)30-13-5-12-27-30;25-24(26,27)15-34-20-5-2-1-4-19(20)22-28-13-17-12-21(33)31(23(17)30-22)14-16-6-8-18(9-7-16)32-11-3-10-29-32;;;;/h1-7,10-12,14,19,21H,8-9,13,15H2;1-5,8-13,15,19H,6-7,14,16-17H2;3-13,16H,2,14-15,17H2,1H3;1-11,13H,12,14-15H2;4*1H4/t19-,21+;;;;;;;/m0......./s1. The van der Waals surface area contributed by atoms with E-state index in [1.165, 1.54) is 31.3 Å². The molecule has 140 heavy (non-hydrogen) atoms. The van der Waals surface area contributed by atoms with Crippen molar-refractivity contribution in [1.29, 1.82) is 0 Å². The van der Waals surface area contributed by atoms with Gasteiger partial charge in [0.05, 0.1) is 104 Å². The second kappa shape index (κ2) is 43.2. The summed E-state index contributed by atoms with van der Waals surface area (Å²) in [4.78, 5) is 98.5. The number of fused-ring (bicyclic) bond motifs is 4. The first-order valence-electron chi connectivity index (χ1n) is 44.1. The van der Waals surface area contributed by atoms with E-state index in [1.54, 1.807) is 107 Å². The lowest BCUT2D eigenvalue weighted by molar-refractivity contribution is -0.154. The molecule has 16 aromatic rings. The molecule has 2 atom stereocenters. The molecule has 13 heterocycles. The van der Waals surface area contributed by atoms with Crippen LogP contribution in [-0.4, -0.2) is 152 Å². The van der Waals surface area contributed by atoms with E-state index in [1.807, 2.05) is 187 Å². The number of anilines is 4. The summed E-state index contributed by atoms with van der Waals surface area (Å²) < 4.78 is 105. The zero-order valence-corrected chi connectivity index (χ0v) is 73.1. The van der Waals surface area contributed by atoms with Crippen LogP contribution in [0.5, 0.6) is 23.1 Å². The smallest absolute Gasteiger partial charge is 0.422 e. The quantitative estimate of drug-likeness (QED) is 0.0455. The summed E-state index contributed by atoms with van der Waals surface area (Å²) in [5.41, 5.74) is 13.1. The van der Waals surface area contributed by atoms with Gasteiger partial charge in [-0.25, -0.2) is 63.6 Å². The van der Waals surface area contributed by atoms with Crippen molar-refractivity contribution in [2.45, 2.75) is 138 Å². The Kier molecular flexibility index (Phi) is 30.3. The summed E-state index contributed by atoms with van der Waals surface area (Å²) in [6.45, 7) is 1.73. The van der Waals surface area contributed by atoms with Crippen molar-refractivity contribution < 1.29 is 64.5 Å². The molecule has 0 unspecified atom stereocenters. The minimum absolute atomic E-state index is 0. The molecular weight excluding hydrogens is 1800 g/mol. The largest absolute Gasteiger partial charge is 0.493 e. The van der Waals surface area contributed by atoms with Crippen LogP contribution in [0.25, 0.3) is 68.3 Å². The van der Waals surface area contributed by atoms with E-state index in [-0.39, 0.29) is 107 Å². The van der Waals surface area contributed by atoms with Crippen LogP contribution >= 0.6 is 0 Å². The van der Waals surface area contributed by atoms with Crippen molar-refractivity contribution in [1.82, 2.24) is 84.0 Å². The number of ether oxygens (including phenoxy) is 4. The van der Waals surface area contributed by atoms with E-state index in [0.717, 1.165) is 105 Å². The van der Waals surface area contributed by atoms with Gasteiger partial charge in [0.2, 0.25) is 29.5 Å². The van der Waals surface area contributed by atoms with Gasteiger partial charge < -0.3 is 18.9 Å². The van der Waals surface area contributed by atoms with Gasteiger partial charge in [-0.1, -0.05) is 122 Å². The third-order valence-electron chi connectivity index (χ3n) is 23.5. The number of hydrogen-bond donors (Lipinski definition) is 0. The second-order valence-corrected chi connectivity index (χ2v) is 33.0. The van der Waals surface area contributed by atoms with E-state index < -0.39 is 25.6 Å². The summed E-state index contributed by atoms with van der Waals surface area (Å²) in [6.07, 6.45) is 19.5. The molecule has 9 aromatic heterocycles. The van der Waals surface area contributed by atoms with Crippen LogP contribution in [0.2, 0.25) is 0 Å². The number of hydrogen-bond acceptors (Lipinski definition) is 21. The van der Waals surface area contributed by atoms with E-state index in [4.69, 9.17) is 28.9 Å². The molecule has 22 rings (SSSR count). The molecular formula is C105H101F6N21O8. The first-order chi connectivity index (χ1) is 66.2. The number of alkyl halides is 6. The fourth-order valence-corrected chi connectivity index (χ4v) is 16.4. The van der Waals surface area contributed by atoms with Crippen molar-refractivity contribution in [3.63, 3.8) is 0 Å². The molecule has 2 aliphatic carbocycles. The topological polar surface area (TPSA) is 305 Å². The lowest BCUT2D eigenvalue weighted by Crippen LogP contribution is -2.48. The van der Waals surface area contributed by atoms with E-state index >= 15 is 0 Å². The second-order valence-electron chi connectivity index (χ2n) is 33.0. The first kappa shape index (κ1) is 98.0. The number of benzene rings is 7. The molecule has 7 aromatic carbocycles. The molecule has 29 nitrogen and oxygen atoms in total. The molecule has 0 N–H and O–H groups in total. The van der Waals surface area contributed by atoms with E-state index in [9.17, 15) is 45.5 Å². The zero-order chi connectivity index (χ0) is 93.4. The summed E-state index contributed by atoms with van der Waals surface area (Å²) in [5.74, 6) is 5.77. The molecule has 6 aliphatic rings. The Balaban J connectivity index is 0.000000140. The maximum absolute atomic E-state index is 13.1. The fraction of sp³-hybridized carbons (Fsp3) is 0.248. The number of rotatable bonds is 26. The monoisotopic (exact) mass is 1900 g/mol. The van der Waals surface area contributed by atoms with Gasteiger partial charge in [0, 0.05) is 115 Å². The Bertz CT molecular complexity index is 6960. The molecule has 0 radical (unpaired) electrons. The third kappa shape index (κ3) is 22.4. The van der Waals surface area contributed by atoms with E-state index in [0.29, 0.717) is 96.6 Å². The van der Waals surface area contributed by atoms with Crippen LogP contribution in [0.4, 0.5) is 49.6 Å². The SMILES string of the molecule is C.C.C.C.CCCOc1ccccc1-c1ncc2c(n1)N(Cc1ccc(-n3cccn3)cc1)C(=O)C2.O=C1Cc2cnc(-c3ccccc3OCC(F)(F)F)nc2N1Cc1ccc(-n2cccn2)cc1.O=C1Cc2cnc(-c3ccccc3OCC3CC3)nc2N1Cc1ccc(-n2cccn2)cc1.O=C1Cc2cnc(-c3cccnc3OCC(F)(F)F)nc2N1[C@@H]1CC[C@H]1c1ccc(-n2cccn2)cc1. The van der Waals surface area contributed by atoms with Crippen LogP contribution in [-0.2, 0) is 64.5 Å². The molecule has 0 bridgehead atoms. The van der Waals surface area contributed by atoms with Gasteiger partial charge in [0.25, 0.3) is 0 Å². The predicted octanol–water partition coefficient (Wildman–Crippen LogP) is 19.8. The zero-order valence-electron chi connectivity index (χ0n) is 73.1. The molecule has 4 amide bonds. The highest BCUT2D eigenvalue weighted by atomic mass is 19.4. The maximum atomic E-state index is 13.1. The lowest BCUT2D eigenvalue weighted by atomic mass is 9.74. The number of nitrogens with zero attached hydrogens (tertiary/aromatic N) is 21. The van der Waals surface area contributed by atoms with Gasteiger partial charge >= 0.3 is 12.4 Å². The number of carbonyl (C=O) groups is 4. The number of carbonyl (C=O) groups excluding carboxylic acids is 4. The molecule has 2 fully saturated rings. The number of aromatic nitrogens is 17. The minimum atomic E-state index is -4.51. The minimum Gasteiger partial charge on any atom is -0.493 e. The molecule has 0 saturated heterocycles. The summed E-state index contributed by atoms with van der Waals surface area (Å²) >= 11 is 0. The Hall–Kier alpha value is -16.5. The highest BCUT2D eigenvalue weighted by molar-refractivity contribution is 6.03. The van der Waals surface area contributed by atoms with Crippen LogP contribution in [0, 0.1) is 5.92 Å². The van der Waals surface area contributed by atoms with Gasteiger partial charge in [-0.15, -0.1) is 0 Å². The highest BCUT2D eigenvalue weighted by Crippen LogP contribution is 2.47. The Morgan fingerprint density at radius 3 is 1.07 bits per heavy atom. The molecule has 0 spiro atoms. The number of halogens is 6. The van der Waals surface area contributed by atoms with Gasteiger partial charge in [-0.2, -0.15) is 46.7 Å². The van der Waals surface area contributed by atoms with Gasteiger partial charge in [0.15, 0.2) is 36.5 Å². The lowest BCUT2D eigenvalue weighted by Gasteiger charge is -2.42.